The Morgan fingerprint density at radius 3 is 2.73 bits per heavy atom. The fraction of sp³-hybridized carbons (Fsp3) is 0.818. The number of aromatic nitrogens is 2. The standard InChI is InChI=1S/C11H21N3O/c1-4-9(12)7-10-13-11(15-14-10)6-5-8(2)3/h8-9H,4-7,12H2,1-3H3. The number of nitrogens with two attached hydrogens (primary N) is 1. The van der Waals surface area contributed by atoms with Crippen molar-refractivity contribution in [3.8, 4) is 0 Å². The lowest BCUT2D eigenvalue weighted by atomic mass is 10.1. The van der Waals surface area contributed by atoms with Gasteiger partial charge in [0.2, 0.25) is 5.89 Å². The minimum atomic E-state index is 0.139. The summed E-state index contributed by atoms with van der Waals surface area (Å²) in [5, 5.41) is 3.92. The zero-order valence-electron chi connectivity index (χ0n) is 9.86. The van der Waals surface area contributed by atoms with E-state index in [1.807, 2.05) is 0 Å². The van der Waals surface area contributed by atoms with Crippen LogP contribution in [0.15, 0.2) is 4.52 Å². The highest BCUT2D eigenvalue weighted by Gasteiger charge is 2.09. The van der Waals surface area contributed by atoms with Crippen LogP contribution in [0.25, 0.3) is 0 Å². The Balaban J connectivity index is 2.42. The zero-order valence-corrected chi connectivity index (χ0v) is 9.86. The molecule has 0 saturated carbocycles. The van der Waals surface area contributed by atoms with Crippen molar-refractivity contribution in [3.63, 3.8) is 0 Å². The Labute approximate surface area is 91.2 Å². The summed E-state index contributed by atoms with van der Waals surface area (Å²) in [5.41, 5.74) is 5.81. The van der Waals surface area contributed by atoms with Gasteiger partial charge in [0.1, 0.15) is 0 Å². The minimum absolute atomic E-state index is 0.139. The molecule has 4 nitrogen and oxygen atoms in total. The topological polar surface area (TPSA) is 64.9 Å². The second-order valence-electron chi connectivity index (χ2n) is 4.41. The second kappa shape index (κ2) is 5.85. The van der Waals surface area contributed by atoms with Crippen LogP contribution in [0.3, 0.4) is 0 Å². The van der Waals surface area contributed by atoms with E-state index in [1.54, 1.807) is 0 Å². The van der Waals surface area contributed by atoms with E-state index >= 15 is 0 Å². The molecule has 0 aliphatic carbocycles. The van der Waals surface area contributed by atoms with Crippen molar-refractivity contribution >= 4 is 0 Å². The van der Waals surface area contributed by atoms with E-state index in [0.717, 1.165) is 31.0 Å². The lowest BCUT2D eigenvalue weighted by Gasteiger charge is -2.02. The van der Waals surface area contributed by atoms with Crippen LogP contribution in [0.1, 0.15) is 45.3 Å². The Morgan fingerprint density at radius 2 is 2.13 bits per heavy atom. The molecule has 0 aliphatic rings. The maximum Gasteiger partial charge on any atom is 0.226 e. The fourth-order valence-corrected chi connectivity index (χ4v) is 1.27. The number of hydrogen-bond donors (Lipinski definition) is 1. The molecule has 0 radical (unpaired) electrons. The zero-order chi connectivity index (χ0) is 11.3. The van der Waals surface area contributed by atoms with Crippen LogP contribution in [0.2, 0.25) is 0 Å². The summed E-state index contributed by atoms with van der Waals surface area (Å²) in [4.78, 5) is 4.31. The Bertz CT molecular complexity index is 283. The predicted octanol–water partition coefficient (Wildman–Crippen LogP) is 1.94. The first-order valence-electron chi connectivity index (χ1n) is 5.68. The molecule has 1 heterocycles. The average Bonchev–Trinajstić information content (AvgIpc) is 2.62. The van der Waals surface area contributed by atoms with Gasteiger partial charge in [-0.05, 0) is 18.8 Å². The normalized spacial score (nSPS) is 13.4. The molecular weight excluding hydrogens is 190 g/mol. The average molecular weight is 211 g/mol. The minimum Gasteiger partial charge on any atom is -0.339 e. The smallest absolute Gasteiger partial charge is 0.226 e. The molecule has 4 heteroatoms. The van der Waals surface area contributed by atoms with Crippen molar-refractivity contribution in [2.45, 2.75) is 52.5 Å². The molecule has 2 N–H and O–H groups in total. The van der Waals surface area contributed by atoms with Gasteiger partial charge >= 0.3 is 0 Å². The Morgan fingerprint density at radius 1 is 1.40 bits per heavy atom. The highest BCUT2D eigenvalue weighted by Crippen LogP contribution is 2.08. The van der Waals surface area contributed by atoms with Crippen LogP contribution >= 0.6 is 0 Å². The van der Waals surface area contributed by atoms with Crippen molar-refractivity contribution in [2.24, 2.45) is 11.7 Å². The van der Waals surface area contributed by atoms with Gasteiger partial charge in [0, 0.05) is 18.9 Å². The maximum atomic E-state index is 5.81. The fourth-order valence-electron chi connectivity index (χ4n) is 1.27. The van der Waals surface area contributed by atoms with E-state index in [1.165, 1.54) is 0 Å². The summed E-state index contributed by atoms with van der Waals surface area (Å²) in [6.45, 7) is 6.43. The molecule has 1 aromatic heterocycles. The van der Waals surface area contributed by atoms with Crippen LogP contribution in [-0.2, 0) is 12.8 Å². The van der Waals surface area contributed by atoms with Gasteiger partial charge in [-0.25, -0.2) is 0 Å². The van der Waals surface area contributed by atoms with E-state index in [-0.39, 0.29) is 6.04 Å². The molecule has 0 fully saturated rings. The maximum absolute atomic E-state index is 5.81. The van der Waals surface area contributed by atoms with Gasteiger partial charge in [0.05, 0.1) is 0 Å². The first-order chi connectivity index (χ1) is 7.11. The van der Waals surface area contributed by atoms with Crippen molar-refractivity contribution < 1.29 is 4.52 Å². The van der Waals surface area contributed by atoms with E-state index < -0.39 is 0 Å². The van der Waals surface area contributed by atoms with E-state index in [2.05, 4.69) is 30.9 Å². The summed E-state index contributed by atoms with van der Waals surface area (Å²) < 4.78 is 5.14. The molecule has 0 amide bonds. The molecule has 0 bridgehead atoms. The molecule has 15 heavy (non-hydrogen) atoms. The second-order valence-corrected chi connectivity index (χ2v) is 4.41. The molecule has 86 valence electrons. The highest BCUT2D eigenvalue weighted by molar-refractivity contribution is 4.89. The van der Waals surface area contributed by atoms with Crippen molar-refractivity contribution in [1.29, 1.82) is 0 Å². The van der Waals surface area contributed by atoms with E-state index in [4.69, 9.17) is 10.3 Å². The van der Waals surface area contributed by atoms with Gasteiger partial charge in [0.25, 0.3) is 0 Å². The molecule has 0 saturated heterocycles. The van der Waals surface area contributed by atoms with Gasteiger partial charge in [0.15, 0.2) is 5.82 Å². The summed E-state index contributed by atoms with van der Waals surface area (Å²) in [6.07, 6.45) is 3.60. The number of aryl methyl sites for hydroxylation is 1. The molecule has 1 atom stereocenters. The summed E-state index contributed by atoms with van der Waals surface area (Å²) in [5.74, 6) is 2.14. The van der Waals surface area contributed by atoms with Gasteiger partial charge in [-0.3, -0.25) is 0 Å². The summed E-state index contributed by atoms with van der Waals surface area (Å²) in [6, 6.07) is 0.139. The predicted molar refractivity (Wildman–Crippen MR) is 59.4 cm³/mol. The number of hydrogen-bond acceptors (Lipinski definition) is 4. The van der Waals surface area contributed by atoms with Crippen LogP contribution in [0, 0.1) is 5.92 Å². The highest BCUT2D eigenvalue weighted by atomic mass is 16.5. The first kappa shape index (κ1) is 12.2. The SMILES string of the molecule is CCC(N)Cc1noc(CCC(C)C)n1. The number of rotatable bonds is 6. The van der Waals surface area contributed by atoms with Crippen molar-refractivity contribution in [1.82, 2.24) is 10.1 Å². The molecule has 0 spiro atoms. The van der Waals surface area contributed by atoms with Crippen molar-refractivity contribution in [3.05, 3.63) is 11.7 Å². The van der Waals surface area contributed by atoms with Crippen LogP contribution < -0.4 is 5.73 Å². The van der Waals surface area contributed by atoms with Gasteiger partial charge < -0.3 is 10.3 Å². The van der Waals surface area contributed by atoms with E-state index in [9.17, 15) is 0 Å². The first-order valence-corrected chi connectivity index (χ1v) is 5.68. The third-order valence-electron chi connectivity index (χ3n) is 2.41. The molecule has 1 aromatic rings. The summed E-state index contributed by atoms with van der Waals surface area (Å²) >= 11 is 0. The summed E-state index contributed by atoms with van der Waals surface area (Å²) in [7, 11) is 0. The van der Waals surface area contributed by atoms with E-state index in [0.29, 0.717) is 12.3 Å². The third kappa shape index (κ3) is 4.42. The number of nitrogens with zero attached hydrogens (tertiary/aromatic N) is 2. The lowest BCUT2D eigenvalue weighted by molar-refractivity contribution is 0.362. The van der Waals surface area contributed by atoms with Crippen LogP contribution in [0.5, 0.6) is 0 Å². The molecule has 0 aromatic carbocycles. The van der Waals surface area contributed by atoms with Gasteiger partial charge in [-0.2, -0.15) is 4.98 Å². The largest absolute Gasteiger partial charge is 0.339 e. The van der Waals surface area contributed by atoms with Crippen LogP contribution in [-0.4, -0.2) is 16.2 Å². The van der Waals surface area contributed by atoms with Gasteiger partial charge in [-0.15, -0.1) is 0 Å². The monoisotopic (exact) mass is 211 g/mol. The van der Waals surface area contributed by atoms with Crippen molar-refractivity contribution in [2.75, 3.05) is 0 Å². The van der Waals surface area contributed by atoms with Gasteiger partial charge in [-0.1, -0.05) is 25.9 Å². The lowest BCUT2D eigenvalue weighted by Crippen LogP contribution is -2.22. The quantitative estimate of drug-likeness (QED) is 0.781. The van der Waals surface area contributed by atoms with Crippen LogP contribution in [0.4, 0.5) is 0 Å². The molecule has 1 unspecified atom stereocenters. The Kier molecular flexibility index (Phi) is 4.75. The molecule has 0 aliphatic heterocycles. The Hall–Kier alpha value is -0.900. The third-order valence-corrected chi connectivity index (χ3v) is 2.41. The molecule has 1 rings (SSSR count). The molecular formula is C11H21N3O.